The molecule has 0 aromatic heterocycles. The fourth-order valence-electron chi connectivity index (χ4n) is 1.63. The van der Waals surface area contributed by atoms with Gasteiger partial charge in [-0.1, -0.05) is 34.8 Å². The molecule has 0 saturated carbocycles. The average Bonchev–Trinajstić information content (AvgIpc) is 2.39. The highest BCUT2D eigenvalue weighted by Crippen LogP contribution is 2.35. The Morgan fingerprint density at radius 1 is 1.05 bits per heavy atom. The molecule has 110 valence electrons. The average molecular weight is 350 g/mol. The minimum atomic E-state index is -1.40. The molecule has 21 heavy (non-hydrogen) atoms. The first-order chi connectivity index (χ1) is 9.79. The number of nitrogens with two attached hydrogens (primary N) is 1. The highest BCUT2D eigenvalue weighted by molar-refractivity contribution is 6.44. The van der Waals surface area contributed by atoms with Crippen molar-refractivity contribution in [2.24, 2.45) is 0 Å². The summed E-state index contributed by atoms with van der Waals surface area (Å²) in [4.78, 5) is 10.8. The number of carbonyl (C=O) groups is 1. The number of anilines is 3. The van der Waals surface area contributed by atoms with Crippen LogP contribution in [0.2, 0.25) is 15.1 Å². The zero-order valence-electron chi connectivity index (χ0n) is 10.3. The fraction of sp³-hybridized carbons (Fsp3) is 0. The summed E-state index contributed by atoms with van der Waals surface area (Å²) in [6.45, 7) is 0. The Morgan fingerprint density at radius 2 is 1.67 bits per heavy atom. The maximum absolute atomic E-state index is 13.7. The van der Waals surface area contributed by atoms with Gasteiger partial charge >= 0.3 is 5.97 Å². The summed E-state index contributed by atoms with van der Waals surface area (Å²) in [5, 5.41) is 12.4. The summed E-state index contributed by atoms with van der Waals surface area (Å²) in [6, 6.07) is 4.86. The Labute approximate surface area is 134 Å². The number of carboxylic acid groups (broad SMARTS) is 1. The molecule has 0 fully saturated rings. The first-order valence-corrected chi connectivity index (χ1v) is 6.67. The summed E-state index contributed by atoms with van der Waals surface area (Å²) >= 11 is 17.7. The lowest BCUT2D eigenvalue weighted by atomic mass is 10.1. The van der Waals surface area contributed by atoms with Crippen molar-refractivity contribution in [1.29, 1.82) is 0 Å². The van der Waals surface area contributed by atoms with Gasteiger partial charge in [-0.05, 0) is 18.2 Å². The van der Waals surface area contributed by atoms with Crippen LogP contribution in [-0.2, 0) is 0 Å². The zero-order chi connectivity index (χ0) is 15.7. The second-order valence-corrected chi connectivity index (χ2v) is 5.32. The number of nitrogens with one attached hydrogen (secondary N) is 1. The Hall–Kier alpha value is -1.69. The van der Waals surface area contributed by atoms with Gasteiger partial charge in [0.25, 0.3) is 0 Å². The Balaban J connectivity index is 2.43. The molecule has 0 aliphatic rings. The lowest BCUT2D eigenvalue weighted by Crippen LogP contribution is -2.05. The Morgan fingerprint density at radius 3 is 2.29 bits per heavy atom. The molecule has 0 spiro atoms. The van der Waals surface area contributed by atoms with Gasteiger partial charge in [-0.3, -0.25) is 0 Å². The molecule has 2 aromatic rings. The Kier molecular flexibility index (Phi) is 4.46. The normalized spacial score (nSPS) is 10.5. The molecule has 0 aliphatic carbocycles. The maximum atomic E-state index is 13.7. The van der Waals surface area contributed by atoms with Crippen LogP contribution < -0.4 is 11.1 Å². The van der Waals surface area contributed by atoms with Gasteiger partial charge in [0.1, 0.15) is 5.82 Å². The third kappa shape index (κ3) is 3.32. The first kappa shape index (κ1) is 15.7. The van der Waals surface area contributed by atoms with E-state index in [9.17, 15) is 9.18 Å². The maximum Gasteiger partial charge on any atom is 0.338 e. The standard InChI is InChI=1S/C13H8Cl3FN2O2/c14-6-2-8(16)11(3-7(6)15)19-12-4-9(17)5(13(20)21)1-10(12)18/h1-4,19H,18H2,(H,20,21). The number of aromatic carboxylic acids is 1. The van der Waals surface area contributed by atoms with E-state index in [1.165, 1.54) is 12.1 Å². The van der Waals surface area contributed by atoms with Crippen molar-refractivity contribution in [1.82, 2.24) is 0 Å². The van der Waals surface area contributed by atoms with Crippen molar-refractivity contribution in [2.75, 3.05) is 11.1 Å². The predicted molar refractivity (Wildman–Crippen MR) is 82.5 cm³/mol. The fourth-order valence-corrected chi connectivity index (χ4v) is 2.22. The molecule has 0 aliphatic heterocycles. The number of halogens is 4. The predicted octanol–water partition coefficient (Wildman–Crippen LogP) is 4.81. The summed E-state index contributed by atoms with van der Waals surface area (Å²) in [6.07, 6.45) is 0. The molecule has 8 heteroatoms. The van der Waals surface area contributed by atoms with E-state index < -0.39 is 17.3 Å². The van der Waals surface area contributed by atoms with Crippen LogP contribution in [-0.4, -0.2) is 11.1 Å². The van der Waals surface area contributed by atoms with Crippen molar-refractivity contribution in [2.45, 2.75) is 0 Å². The van der Waals surface area contributed by atoms with Gasteiger partial charge in [0.2, 0.25) is 0 Å². The zero-order valence-corrected chi connectivity index (χ0v) is 12.5. The molecule has 2 rings (SSSR count). The van der Waals surface area contributed by atoms with Crippen molar-refractivity contribution in [3.63, 3.8) is 0 Å². The molecule has 4 N–H and O–H groups in total. The van der Waals surface area contributed by atoms with E-state index in [-0.39, 0.29) is 26.4 Å². The Bertz CT molecular complexity index is 738. The van der Waals surface area contributed by atoms with Crippen LogP contribution >= 0.6 is 34.8 Å². The van der Waals surface area contributed by atoms with E-state index in [0.717, 1.165) is 12.1 Å². The summed E-state index contributed by atoms with van der Waals surface area (Å²) in [5.74, 6) is -2.33. The molecular weight excluding hydrogens is 342 g/mol. The van der Waals surface area contributed by atoms with Gasteiger partial charge < -0.3 is 16.2 Å². The summed E-state index contributed by atoms with van der Waals surface area (Å²) in [5.41, 5.74) is 5.76. The minimum absolute atomic E-state index is 0.0518. The largest absolute Gasteiger partial charge is 0.478 e. The molecule has 2 aromatic carbocycles. The van der Waals surface area contributed by atoms with E-state index in [0.29, 0.717) is 5.69 Å². The van der Waals surface area contributed by atoms with Crippen LogP contribution in [0.5, 0.6) is 0 Å². The van der Waals surface area contributed by atoms with Gasteiger partial charge in [0, 0.05) is 6.07 Å². The van der Waals surface area contributed by atoms with Gasteiger partial charge in [-0.15, -0.1) is 0 Å². The van der Waals surface area contributed by atoms with Crippen molar-refractivity contribution in [3.8, 4) is 0 Å². The van der Waals surface area contributed by atoms with Crippen LogP contribution in [0.4, 0.5) is 21.5 Å². The van der Waals surface area contributed by atoms with Crippen LogP contribution in [0.3, 0.4) is 0 Å². The van der Waals surface area contributed by atoms with Crippen molar-refractivity contribution in [3.05, 3.63) is 50.7 Å². The van der Waals surface area contributed by atoms with Crippen molar-refractivity contribution < 1.29 is 14.3 Å². The van der Waals surface area contributed by atoms with E-state index in [1.807, 2.05) is 0 Å². The number of carboxylic acids is 1. The molecule has 0 amide bonds. The van der Waals surface area contributed by atoms with Crippen LogP contribution in [0.25, 0.3) is 0 Å². The number of nitrogen functional groups attached to an aromatic ring is 1. The van der Waals surface area contributed by atoms with Crippen LogP contribution in [0.15, 0.2) is 24.3 Å². The summed E-state index contributed by atoms with van der Waals surface area (Å²) < 4.78 is 13.7. The van der Waals surface area contributed by atoms with Crippen LogP contribution in [0, 0.1) is 5.82 Å². The van der Waals surface area contributed by atoms with Gasteiger partial charge in [0.05, 0.1) is 37.7 Å². The topological polar surface area (TPSA) is 75.4 Å². The quantitative estimate of drug-likeness (QED) is 0.549. The molecule has 0 radical (unpaired) electrons. The lowest BCUT2D eigenvalue weighted by molar-refractivity contribution is 0.0692. The first-order valence-electron chi connectivity index (χ1n) is 5.53. The highest BCUT2D eigenvalue weighted by atomic mass is 35.5. The third-order valence-corrected chi connectivity index (χ3v) is 3.68. The van der Waals surface area contributed by atoms with E-state index >= 15 is 0 Å². The molecule has 4 nitrogen and oxygen atoms in total. The number of rotatable bonds is 3. The van der Waals surface area contributed by atoms with Gasteiger partial charge in [0.15, 0.2) is 0 Å². The number of hydrogen-bond donors (Lipinski definition) is 3. The number of hydrogen-bond acceptors (Lipinski definition) is 3. The summed E-state index contributed by atoms with van der Waals surface area (Å²) in [7, 11) is 0. The second kappa shape index (κ2) is 5.97. The molecule has 0 atom stereocenters. The number of benzene rings is 2. The SMILES string of the molecule is Nc1cc(C(=O)O)c(F)cc1Nc1cc(Cl)c(Cl)cc1Cl. The van der Waals surface area contributed by atoms with E-state index in [1.54, 1.807) is 0 Å². The van der Waals surface area contributed by atoms with E-state index in [2.05, 4.69) is 5.32 Å². The molecule has 0 unspecified atom stereocenters. The smallest absolute Gasteiger partial charge is 0.338 e. The second-order valence-electron chi connectivity index (χ2n) is 4.10. The highest BCUT2D eigenvalue weighted by Gasteiger charge is 2.15. The molecule has 0 bridgehead atoms. The third-order valence-electron chi connectivity index (χ3n) is 2.65. The monoisotopic (exact) mass is 348 g/mol. The van der Waals surface area contributed by atoms with Gasteiger partial charge in [-0.25, -0.2) is 9.18 Å². The van der Waals surface area contributed by atoms with Crippen LogP contribution in [0.1, 0.15) is 10.4 Å². The van der Waals surface area contributed by atoms with E-state index in [4.69, 9.17) is 45.6 Å². The lowest BCUT2D eigenvalue weighted by Gasteiger charge is -2.13. The van der Waals surface area contributed by atoms with Crippen molar-refractivity contribution >= 4 is 57.8 Å². The molecular formula is C13H8Cl3FN2O2. The minimum Gasteiger partial charge on any atom is -0.478 e. The molecule has 0 heterocycles. The van der Waals surface area contributed by atoms with Gasteiger partial charge in [-0.2, -0.15) is 0 Å². The molecule has 0 saturated heterocycles.